The average Bonchev–Trinajstić information content (AvgIpc) is 3.07. The maximum absolute atomic E-state index is 13.3. The fourth-order valence-corrected chi connectivity index (χ4v) is 3.29. The van der Waals surface area contributed by atoms with Crippen molar-refractivity contribution in [1.82, 2.24) is 34.4 Å². The Morgan fingerprint density at radius 1 is 1.22 bits per heavy atom. The summed E-state index contributed by atoms with van der Waals surface area (Å²) in [4.78, 5) is 4.67. The molecule has 0 fully saturated rings. The molecule has 0 aromatic carbocycles. The zero-order valence-corrected chi connectivity index (χ0v) is 13.4. The molecule has 4 aromatic heterocycles. The molecule has 11 heteroatoms. The molecule has 0 aliphatic heterocycles. The van der Waals surface area contributed by atoms with Crippen LogP contribution in [0.4, 0.5) is 8.78 Å². The SMILES string of the molecule is Cc1cc(C)n2ncc(-c3nn4c(C(F)(F)Cl)nnc4s3)c2n1. The van der Waals surface area contributed by atoms with Crippen molar-refractivity contribution in [3.63, 3.8) is 0 Å². The van der Waals surface area contributed by atoms with Gasteiger partial charge in [-0.15, -0.1) is 10.2 Å². The van der Waals surface area contributed by atoms with E-state index in [0.717, 1.165) is 27.2 Å². The highest BCUT2D eigenvalue weighted by Gasteiger charge is 2.36. The molecule has 0 saturated carbocycles. The number of alkyl halides is 3. The zero-order chi connectivity index (χ0) is 16.4. The maximum Gasteiger partial charge on any atom is 0.383 e. The van der Waals surface area contributed by atoms with Crippen LogP contribution in [0.2, 0.25) is 0 Å². The molecule has 0 N–H and O–H groups in total. The number of halogens is 3. The van der Waals surface area contributed by atoms with Gasteiger partial charge in [0.25, 0.3) is 0 Å². The van der Waals surface area contributed by atoms with Gasteiger partial charge in [0.2, 0.25) is 10.8 Å². The standard InChI is InChI=1S/C12H8ClF2N7S/c1-5-3-6(2)21-8(17-5)7(4-16-21)9-20-22-10(12(13,14)15)18-19-11(22)23-9/h3-4H,1-2H3. The summed E-state index contributed by atoms with van der Waals surface area (Å²) in [5, 5.41) is 12.3. The van der Waals surface area contributed by atoms with E-state index in [9.17, 15) is 8.78 Å². The van der Waals surface area contributed by atoms with Crippen molar-refractivity contribution < 1.29 is 8.78 Å². The van der Waals surface area contributed by atoms with Crippen molar-refractivity contribution in [1.29, 1.82) is 0 Å². The number of fused-ring (bicyclic) bond motifs is 2. The minimum atomic E-state index is -3.64. The topological polar surface area (TPSA) is 73.3 Å². The molecule has 0 amide bonds. The first kappa shape index (κ1) is 14.4. The first-order valence-electron chi connectivity index (χ1n) is 6.46. The molecule has 0 aliphatic rings. The third-order valence-corrected chi connectivity index (χ3v) is 4.35. The lowest BCUT2D eigenvalue weighted by Gasteiger charge is -2.02. The number of hydrogen-bond acceptors (Lipinski definition) is 6. The van der Waals surface area contributed by atoms with Crippen LogP contribution in [0.1, 0.15) is 17.2 Å². The van der Waals surface area contributed by atoms with Crippen LogP contribution in [-0.2, 0) is 5.38 Å². The van der Waals surface area contributed by atoms with E-state index >= 15 is 0 Å². The largest absolute Gasteiger partial charge is 0.383 e. The van der Waals surface area contributed by atoms with Gasteiger partial charge in [-0.25, -0.2) is 9.50 Å². The van der Waals surface area contributed by atoms with Gasteiger partial charge in [-0.3, -0.25) is 0 Å². The molecule has 0 spiro atoms. The smallest absolute Gasteiger partial charge is 0.233 e. The van der Waals surface area contributed by atoms with E-state index in [1.165, 1.54) is 0 Å². The summed E-state index contributed by atoms with van der Waals surface area (Å²) in [5.41, 5.74) is 2.98. The van der Waals surface area contributed by atoms with E-state index in [4.69, 9.17) is 11.6 Å². The molecule has 23 heavy (non-hydrogen) atoms. The Morgan fingerprint density at radius 3 is 2.74 bits per heavy atom. The summed E-state index contributed by atoms with van der Waals surface area (Å²) in [6.07, 6.45) is 1.60. The minimum Gasteiger partial charge on any atom is -0.233 e. The summed E-state index contributed by atoms with van der Waals surface area (Å²) in [7, 11) is 0. The van der Waals surface area contributed by atoms with Gasteiger partial charge in [0.15, 0.2) is 10.7 Å². The molecule has 4 rings (SSSR count). The summed E-state index contributed by atoms with van der Waals surface area (Å²) in [6.45, 7) is 3.78. The summed E-state index contributed by atoms with van der Waals surface area (Å²) >= 11 is 6.14. The Balaban J connectivity index is 1.95. The van der Waals surface area contributed by atoms with Crippen LogP contribution in [0.5, 0.6) is 0 Å². The normalized spacial score (nSPS) is 12.6. The molecule has 4 heterocycles. The fourth-order valence-electron chi connectivity index (χ4n) is 2.32. The Morgan fingerprint density at radius 2 is 2.00 bits per heavy atom. The maximum atomic E-state index is 13.3. The predicted octanol–water partition coefficient (Wildman–Crippen LogP) is 2.80. The van der Waals surface area contributed by atoms with E-state index < -0.39 is 11.2 Å². The second kappa shape index (κ2) is 4.65. The molecule has 7 nitrogen and oxygen atoms in total. The quantitative estimate of drug-likeness (QED) is 0.517. The number of nitrogens with zero attached hydrogens (tertiary/aromatic N) is 7. The summed E-state index contributed by atoms with van der Waals surface area (Å²) < 4.78 is 29.2. The number of aromatic nitrogens is 7. The monoisotopic (exact) mass is 355 g/mol. The van der Waals surface area contributed by atoms with Crippen LogP contribution in [-0.4, -0.2) is 34.4 Å². The fraction of sp³-hybridized carbons (Fsp3) is 0.250. The molecule has 0 bridgehead atoms. The molecule has 0 atom stereocenters. The molecular weight excluding hydrogens is 348 g/mol. The average molecular weight is 356 g/mol. The minimum absolute atomic E-state index is 0.221. The van der Waals surface area contributed by atoms with Gasteiger partial charge in [-0.1, -0.05) is 11.3 Å². The van der Waals surface area contributed by atoms with Crippen LogP contribution in [0.25, 0.3) is 21.2 Å². The number of rotatable bonds is 2. The van der Waals surface area contributed by atoms with Crippen molar-refractivity contribution in [3.05, 3.63) is 29.5 Å². The second-order valence-corrected chi connectivity index (χ2v) is 6.39. The number of aryl methyl sites for hydroxylation is 2. The first-order valence-corrected chi connectivity index (χ1v) is 7.66. The van der Waals surface area contributed by atoms with Crippen molar-refractivity contribution in [2.75, 3.05) is 0 Å². The number of hydrogen-bond donors (Lipinski definition) is 0. The van der Waals surface area contributed by atoms with Gasteiger partial charge < -0.3 is 0 Å². The van der Waals surface area contributed by atoms with Gasteiger partial charge in [0.1, 0.15) is 0 Å². The van der Waals surface area contributed by atoms with Crippen molar-refractivity contribution in [3.8, 4) is 10.6 Å². The molecule has 0 saturated heterocycles. The van der Waals surface area contributed by atoms with Gasteiger partial charge in [0, 0.05) is 11.4 Å². The van der Waals surface area contributed by atoms with Gasteiger partial charge in [-0.05, 0) is 31.5 Å². The van der Waals surface area contributed by atoms with Crippen LogP contribution < -0.4 is 0 Å². The Labute approximate surface area is 136 Å². The summed E-state index contributed by atoms with van der Waals surface area (Å²) in [6, 6.07) is 1.90. The highest BCUT2D eigenvalue weighted by Crippen LogP contribution is 2.34. The lowest BCUT2D eigenvalue weighted by Crippen LogP contribution is -2.10. The highest BCUT2D eigenvalue weighted by atomic mass is 35.5. The highest BCUT2D eigenvalue weighted by molar-refractivity contribution is 7.19. The van der Waals surface area contributed by atoms with Crippen LogP contribution >= 0.6 is 22.9 Å². The Hall–Kier alpha value is -2.20. The van der Waals surface area contributed by atoms with Crippen molar-refractivity contribution in [2.24, 2.45) is 0 Å². The lowest BCUT2D eigenvalue weighted by atomic mass is 10.3. The molecular formula is C12H8ClF2N7S. The zero-order valence-electron chi connectivity index (χ0n) is 11.8. The molecule has 4 aromatic rings. The van der Waals surface area contributed by atoms with E-state index in [1.807, 2.05) is 19.9 Å². The van der Waals surface area contributed by atoms with Gasteiger partial charge in [-0.2, -0.15) is 23.5 Å². The third kappa shape index (κ3) is 2.17. The lowest BCUT2D eigenvalue weighted by molar-refractivity contribution is 0.0821. The van der Waals surface area contributed by atoms with E-state index in [1.54, 1.807) is 10.7 Å². The van der Waals surface area contributed by atoms with Crippen molar-refractivity contribution in [2.45, 2.75) is 19.2 Å². The molecule has 0 aliphatic carbocycles. The van der Waals surface area contributed by atoms with Crippen molar-refractivity contribution >= 4 is 33.5 Å². The molecule has 0 radical (unpaired) electrons. The van der Waals surface area contributed by atoms with Crippen LogP contribution in [0.3, 0.4) is 0 Å². The van der Waals surface area contributed by atoms with Gasteiger partial charge in [0.05, 0.1) is 11.8 Å². The van der Waals surface area contributed by atoms with Gasteiger partial charge >= 0.3 is 5.38 Å². The Kier molecular flexibility index (Phi) is 2.91. The van der Waals surface area contributed by atoms with E-state index in [0.29, 0.717) is 16.2 Å². The molecule has 118 valence electrons. The first-order chi connectivity index (χ1) is 10.8. The third-order valence-electron chi connectivity index (χ3n) is 3.25. The van der Waals surface area contributed by atoms with Crippen LogP contribution in [0.15, 0.2) is 12.3 Å². The Bertz CT molecular complexity index is 1050. The summed E-state index contributed by atoms with van der Waals surface area (Å²) in [5.74, 6) is -0.714. The second-order valence-electron chi connectivity index (χ2n) is 4.96. The van der Waals surface area contributed by atoms with E-state index in [-0.39, 0.29) is 4.96 Å². The molecule has 0 unspecified atom stereocenters. The predicted molar refractivity (Wildman–Crippen MR) is 79.9 cm³/mol. The van der Waals surface area contributed by atoms with E-state index in [2.05, 4.69) is 25.4 Å². The van der Waals surface area contributed by atoms with Crippen LogP contribution in [0, 0.1) is 13.8 Å².